The van der Waals surface area contributed by atoms with E-state index in [0.29, 0.717) is 0 Å². The predicted octanol–water partition coefficient (Wildman–Crippen LogP) is 1.63. The van der Waals surface area contributed by atoms with E-state index in [9.17, 15) is 8.42 Å². The van der Waals surface area contributed by atoms with Crippen LogP contribution in [0.5, 0.6) is 0 Å². The molecule has 1 aromatic carbocycles. The molecule has 3 nitrogen and oxygen atoms in total. The maximum atomic E-state index is 11.1. The van der Waals surface area contributed by atoms with E-state index >= 15 is 0 Å². The molecule has 0 fully saturated rings. The second-order valence-corrected chi connectivity index (χ2v) is 5.88. The first-order chi connectivity index (χ1) is 6.21. The Hall–Kier alpha value is -0.870. The largest absolute Gasteiger partial charge is 0.238 e. The average Bonchev–Trinajstić information content (AvgIpc) is 2.01. The average molecular weight is 213 g/mol. The summed E-state index contributed by atoms with van der Waals surface area (Å²) in [6.07, 6.45) is 0. The SMILES string of the molecule is CC(C)(C)c1cccc(S(N)(=O)=O)c1. The second-order valence-electron chi connectivity index (χ2n) is 4.32. The van der Waals surface area contributed by atoms with Gasteiger partial charge < -0.3 is 0 Å². The predicted molar refractivity (Wildman–Crippen MR) is 56.5 cm³/mol. The molecule has 0 aliphatic carbocycles. The van der Waals surface area contributed by atoms with Gasteiger partial charge in [0.15, 0.2) is 0 Å². The van der Waals surface area contributed by atoms with Gasteiger partial charge in [0, 0.05) is 0 Å². The van der Waals surface area contributed by atoms with Gasteiger partial charge in [0.1, 0.15) is 0 Å². The number of hydrogen-bond acceptors (Lipinski definition) is 2. The molecular formula is C10H15NO2S. The molecule has 1 rings (SSSR count). The van der Waals surface area contributed by atoms with Gasteiger partial charge in [0.05, 0.1) is 4.90 Å². The summed E-state index contributed by atoms with van der Waals surface area (Å²) in [5.74, 6) is 0. The van der Waals surface area contributed by atoms with Crippen molar-refractivity contribution in [1.29, 1.82) is 0 Å². The van der Waals surface area contributed by atoms with E-state index in [-0.39, 0.29) is 10.3 Å². The molecule has 0 atom stereocenters. The van der Waals surface area contributed by atoms with Gasteiger partial charge in [-0.15, -0.1) is 0 Å². The fraction of sp³-hybridized carbons (Fsp3) is 0.400. The first kappa shape index (κ1) is 11.2. The van der Waals surface area contributed by atoms with Gasteiger partial charge in [0.25, 0.3) is 0 Å². The Bertz CT molecular complexity index is 430. The highest BCUT2D eigenvalue weighted by atomic mass is 32.2. The van der Waals surface area contributed by atoms with Crippen LogP contribution in [0.15, 0.2) is 29.2 Å². The Labute approximate surface area is 85.0 Å². The number of hydrogen-bond donors (Lipinski definition) is 1. The highest BCUT2D eigenvalue weighted by molar-refractivity contribution is 7.89. The van der Waals surface area contributed by atoms with Crippen LogP contribution in [0.25, 0.3) is 0 Å². The quantitative estimate of drug-likeness (QED) is 0.770. The van der Waals surface area contributed by atoms with Crippen LogP contribution in [0.2, 0.25) is 0 Å². The first-order valence-corrected chi connectivity index (χ1v) is 5.89. The molecule has 0 saturated heterocycles. The van der Waals surface area contributed by atoms with Gasteiger partial charge in [-0.1, -0.05) is 32.9 Å². The monoisotopic (exact) mass is 213 g/mol. The molecule has 4 heteroatoms. The summed E-state index contributed by atoms with van der Waals surface area (Å²) in [4.78, 5) is 0.171. The fourth-order valence-electron chi connectivity index (χ4n) is 1.14. The van der Waals surface area contributed by atoms with Crippen LogP contribution >= 0.6 is 0 Å². The zero-order valence-electron chi connectivity index (χ0n) is 8.61. The second kappa shape index (κ2) is 3.37. The summed E-state index contributed by atoms with van der Waals surface area (Å²) in [6, 6.07) is 6.73. The Balaban J connectivity index is 3.29. The number of benzene rings is 1. The minimum absolute atomic E-state index is 0.0688. The van der Waals surface area contributed by atoms with Crippen molar-refractivity contribution in [2.75, 3.05) is 0 Å². The number of sulfonamides is 1. The molecular weight excluding hydrogens is 198 g/mol. The topological polar surface area (TPSA) is 60.2 Å². The van der Waals surface area contributed by atoms with Crippen molar-refractivity contribution in [3.05, 3.63) is 29.8 Å². The third kappa shape index (κ3) is 2.56. The van der Waals surface area contributed by atoms with Gasteiger partial charge >= 0.3 is 0 Å². The molecule has 0 heterocycles. The summed E-state index contributed by atoms with van der Waals surface area (Å²) in [6.45, 7) is 6.07. The Morgan fingerprint density at radius 2 is 1.79 bits per heavy atom. The van der Waals surface area contributed by atoms with Crippen LogP contribution in [0.4, 0.5) is 0 Å². The molecule has 2 N–H and O–H groups in total. The molecule has 0 amide bonds. The Kier molecular flexibility index (Phi) is 2.69. The van der Waals surface area contributed by atoms with Gasteiger partial charge in [-0.25, -0.2) is 13.6 Å². The summed E-state index contributed by atoms with van der Waals surface area (Å²) in [5.41, 5.74) is 0.893. The van der Waals surface area contributed by atoms with E-state index in [4.69, 9.17) is 5.14 Å². The summed E-state index contributed by atoms with van der Waals surface area (Å²) in [5, 5.41) is 5.04. The molecule has 0 unspecified atom stereocenters. The molecule has 0 saturated carbocycles. The zero-order chi connectivity index (χ0) is 11.0. The smallest absolute Gasteiger partial charge is 0.225 e. The summed E-state index contributed by atoms with van der Waals surface area (Å²) < 4.78 is 22.2. The number of nitrogens with two attached hydrogens (primary N) is 1. The van der Waals surface area contributed by atoms with Gasteiger partial charge in [-0.05, 0) is 23.1 Å². The Morgan fingerprint density at radius 1 is 1.21 bits per heavy atom. The zero-order valence-corrected chi connectivity index (χ0v) is 9.43. The van der Waals surface area contributed by atoms with Crippen molar-refractivity contribution in [1.82, 2.24) is 0 Å². The van der Waals surface area contributed by atoms with Crippen LogP contribution in [-0.2, 0) is 15.4 Å². The van der Waals surface area contributed by atoms with E-state index in [1.807, 2.05) is 26.8 Å². The minimum atomic E-state index is -3.59. The molecule has 0 aromatic heterocycles. The number of rotatable bonds is 1. The van der Waals surface area contributed by atoms with Crippen LogP contribution in [0.1, 0.15) is 26.3 Å². The van der Waals surface area contributed by atoms with E-state index in [1.165, 1.54) is 6.07 Å². The maximum Gasteiger partial charge on any atom is 0.238 e. The van der Waals surface area contributed by atoms with Gasteiger partial charge in [0.2, 0.25) is 10.0 Å². The lowest BCUT2D eigenvalue weighted by atomic mass is 9.87. The molecule has 0 aliphatic rings. The lowest BCUT2D eigenvalue weighted by molar-refractivity contribution is 0.584. The van der Waals surface area contributed by atoms with Crippen LogP contribution in [0.3, 0.4) is 0 Å². The standard InChI is InChI=1S/C10H15NO2S/c1-10(2,3)8-5-4-6-9(7-8)14(11,12)13/h4-7H,1-3H3,(H2,11,12,13). The molecule has 0 spiro atoms. The van der Waals surface area contributed by atoms with Crippen molar-refractivity contribution in [2.24, 2.45) is 5.14 Å². The maximum absolute atomic E-state index is 11.1. The third-order valence-electron chi connectivity index (χ3n) is 2.03. The van der Waals surface area contributed by atoms with Crippen molar-refractivity contribution < 1.29 is 8.42 Å². The van der Waals surface area contributed by atoms with E-state index in [1.54, 1.807) is 12.1 Å². The van der Waals surface area contributed by atoms with Crippen molar-refractivity contribution >= 4 is 10.0 Å². The van der Waals surface area contributed by atoms with Crippen molar-refractivity contribution in [3.63, 3.8) is 0 Å². The van der Waals surface area contributed by atoms with Crippen LogP contribution < -0.4 is 5.14 Å². The van der Waals surface area contributed by atoms with Crippen molar-refractivity contribution in [3.8, 4) is 0 Å². The molecule has 0 aliphatic heterocycles. The number of primary sulfonamides is 1. The molecule has 0 bridgehead atoms. The van der Waals surface area contributed by atoms with E-state index < -0.39 is 10.0 Å². The van der Waals surface area contributed by atoms with Crippen LogP contribution in [0, 0.1) is 0 Å². The van der Waals surface area contributed by atoms with Gasteiger partial charge in [-0.3, -0.25) is 0 Å². The summed E-state index contributed by atoms with van der Waals surface area (Å²) >= 11 is 0. The van der Waals surface area contributed by atoms with E-state index in [2.05, 4.69) is 0 Å². The third-order valence-corrected chi connectivity index (χ3v) is 2.94. The summed E-state index contributed by atoms with van der Waals surface area (Å²) in [7, 11) is -3.59. The fourth-order valence-corrected chi connectivity index (χ4v) is 1.70. The normalized spacial score (nSPS) is 12.9. The van der Waals surface area contributed by atoms with E-state index in [0.717, 1.165) is 5.56 Å². The highest BCUT2D eigenvalue weighted by Gasteiger charge is 2.16. The molecule has 1 aromatic rings. The molecule has 0 radical (unpaired) electrons. The van der Waals surface area contributed by atoms with Crippen molar-refractivity contribution in [2.45, 2.75) is 31.1 Å². The minimum Gasteiger partial charge on any atom is -0.225 e. The highest BCUT2D eigenvalue weighted by Crippen LogP contribution is 2.23. The molecule has 78 valence electrons. The lowest BCUT2D eigenvalue weighted by Crippen LogP contribution is -2.15. The lowest BCUT2D eigenvalue weighted by Gasteiger charge is -2.19. The molecule has 14 heavy (non-hydrogen) atoms. The van der Waals surface area contributed by atoms with Crippen LogP contribution in [-0.4, -0.2) is 8.42 Å². The van der Waals surface area contributed by atoms with Gasteiger partial charge in [-0.2, -0.15) is 0 Å². The Morgan fingerprint density at radius 3 is 2.21 bits per heavy atom. The first-order valence-electron chi connectivity index (χ1n) is 4.34.